The number of carbonyl (C=O) groups is 2. The van der Waals surface area contributed by atoms with Crippen LogP contribution in [0.2, 0.25) is 0 Å². The van der Waals surface area contributed by atoms with Gasteiger partial charge in [-0.1, -0.05) is 0 Å². The molecule has 12 heavy (non-hydrogen) atoms. The second-order valence-corrected chi connectivity index (χ2v) is 2.49. The molecule has 0 saturated carbocycles. The van der Waals surface area contributed by atoms with Crippen LogP contribution in [0.25, 0.3) is 0 Å². The Hall–Kier alpha value is -1.14. The number of nitrogens with one attached hydrogen (secondary N) is 1. The fourth-order valence-electron chi connectivity index (χ4n) is 0.911. The van der Waals surface area contributed by atoms with Crippen LogP contribution in [0.1, 0.15) is 0 Å². The highest BCUT2D eigenvalue weighted by molar-refractivity contribution is 6.31. The fourth-order valence-corrected chi connectivity index (χ4v) is 0.911. The van der Waals surface area contributed by atoms with Crippen molar-refractivity contribution in [2.24, 2.45) is 0 Å². The van der Waals surface area contributed by atoms with Gasteiger partial charge in [-0.05, 0) is 0 Å². The number of aliphatic hydroxyl groups excluding tert-OH is 1. The molecule has 0 bridgehead atoms. The maximum Gasteiger partial charge on any atom is 0.394 e. The molecule has 0 radical (unpaired) electrons. The second-order valence-electron chi connectivity index (χ2n) is 2.49. The topological polar surface area (TPSA) is 95.9 Å². The molecule has 1 saturated heterocycles. The molecule has 0 aromatic carbocycles. The molecule has 1 heterocycles. The summed E-state index contributed by atoms with van der Waals surface area (Å²) in [5.74, 6) is -2.68. The van der Waals surface area contributed by atoms with Crippen LogP contribution in [-0.4, -0.2) is 47.4 Å². The molecule has 0 aliphatic carbocycles. The summed E-state index contributed by atoms with van der Waals surface area (Å²) in [5.41, 5.74) is 0. The molecule has 0 aromatic heterocycles. The summed E-state index contributed by atoms with van der Waals surface area (Å²) in [6, 6.07) is -0.603. The van der Waals surface area contributed by atoms with Crippen LogP contribution >= 0.6 is 0 Å². The lowest BCUT2D eigenvalue weighted by atomic mass is 10.2. The largest absolute Gasteiger partial charge is 0.474 e. The van der Waals surface area contributed by atoms with Crippen molar-refractivity contribution < 1.29 is 24.5 Å². The number of amides is 1. The van der Waals surface area contributed by atoms with Crippen LogP contribution in [0.15, 0.2) is 0 Å². The summed E-state index contributed by atoms with van der Waals surface area (Å²) in [6.45, 7) is 0.282. The molecule has 1 amide bonds. The number of ether oxygens (including phenoxy) is 1. The second kappa shape index (κ2) is 3.51. The van der Waals surface area contributed by atoms with Crippen molar-refractivity contribution in [1.82, 2.24) is 5.32 Å². The van der Waals surface area contributed by atoms with Gasteiger partial charge in [0, 0.05) is 0 Å². The predicted molar refractivity (Wildman–Crippen MR) is 36.4 cm³/mol. The van der Waals surface area contributed by atoms with E-state index in [0.717, 1.165) is 0 Å². The van der Waals surface area contributed by atoms with Crippen molar-refractivity contribution >= 4 is 11.9 Å². The van der Waals surface area contributed by atoms with Gasteiger partial charge in [0.05, 0.1) is 25.4 Å². The zero-order valence-electron chi connectivity index (χ0n) is 6.19. The molecular formula is C6H9NO5. The molecule has 1 aliphatic heterocycles. The van der Waals surface area contributed by atoms with E-state index >= 15 is 0 Å². The van der Waals surface area contributed by atoms with E-state index in [1.807, 2.05) is 0 Å². The average Bonchev–Trinajstić information content (AvgIpc) is 2.36. The minimum atomic E-state index is -1.56. The van der Waals surface area contributed by atoms with Crippen LogP contribution in [0, 0.1) is 0 Å². The Labute approximate surface area is 68.1 Å². The summed E-state index contributed by atoms with van der Waals surface area (Å²) < 4.78 is 4.79. The molecule has 1 rings (SSSR count). The number of aliphatic hydroxyl groups is 1. The van der Waals surface area contributed by atoms with Gasteiger partial charge in [0.15, 0.2) is 0 Å². The third-order valence-electron chi connectivity index (χ3n) is 1.56. The Morgan fingerprint density at radius 3 is 2.50 bits per heavy atom. The van der Waals surface area contributed by atoms with E-state index in [-0.39, 0.29) is 13.2 Å². The monoisotopic (exact) mass is 175 g/mol. The van der Waals surface area contributed by atoms with Crippen LogP contribution in [-0.2, 0) is 14.3 Å². The third-order valence-corrected chi connectivity index (χ3v) is 1.56. The van der Waals surface area contributed by atoms with Gasteiger partial charge in [0.25, 0.3) is 0 Å². The predicted octanol–water partition coefficient (Wildman–Crippen LogP) is -2.05. The number of hydrogen-bond acceptors (Lipinski definition) is 4. The summed E-state index contributed by atoms with van der Waals surface area (Å²) in [5, 5.41) is 19.4. The zero-order chi connectivity index (χ0) is 9.14. The van der Waals surface area contributed by atoms with Crippen molar-refractivity contribution in [2.45, 2.75) is 12.1 Å². The van der Waals surface area contributed by atoms with Gasteiger partial charge in [-0.25, -0.2) is 4.79 Å². The van der Waals surface area contributed by atoms with Gasteiger partial charge in [-0.3, -0.25) is 4.79 Å². The van der Waals surface area contributed by atoms with Crippen molar-refractivity contribution in [2.75, 3.05) is 13.2 Å². The highest BCUT2D eigenvalue weighted by atomic mass is 16.5. The smallest absolute Gasteiger partial charge is 0.394 e. The van der Waals surface area contributed by atoms with Crippen LogP contribution < -0.4 is 5.32 Å². The van der Waals surface area contributed by atoms with E-state index in [4.69, 9.17) is 14.9 Å². The van der Waals surface area contributed by atoms with Crippen molar-refractivity contribution in [3.63, 3.8) is 0 Å². The van der Waals surface area contributed by atoms with Crippen molar-refractivity contribution in [1.29, 1.82) is 0 Å². The maximum atomic E-state index is 10.6. The molecule has 0 spiro atoms. The van der Waals surface area contributed by atoms with Crippen molar-refractivity contribution in [3.8, 4) is 0 Å². The first-order chi connectivity index (χ1) is 5.61. The Balaban J connectivity index is 2.40. The molecule has 2 atom stereocenters. The van der Waals surface area contributed by atoms with E-state index in [1.54, 1.807) is 0 Å². The zero-order valence-corrected chi connectivity index (χ0v) is 6.19. The summed E-state index contributed by atoms with van der Waals surface area (Å²) in [6.07, 6.45) is -0.812. The van der Waals surface area contributed by atoms with Crippen LogP contribution in [0.3, 0.4) is 0 Å². The number of carboxylic acid groups (broad SMARTS) is 1. The van der Waals surface area contributed by atoms with Crippen molar-refractivity contribution in [3.05, 3.63) is 0 Å². The molecule has 1 aliphatic rings. The van der Waals surface area contributed by atoms with Gasteiger partial charge in [0.1, 0.15) is 0 Å². The Kier molecular flexibility index (Phi) is 2.61. The maximum absolute atomic E-state index is 10.6. The van der Waals surface area contributed by atoms with Gasteiger partial charge in [-0.2, -0.15) is 0 Å². The molecule has 68 valence electrons. The van der Waals surface area contributed by atoms with Crippen LogP contribution in [0.4, 0.5) is 0 Å². The van der Waals surface area contributed by atoms with E-state index in [9.17, 15) is 9.59 Å². The molecular weight excluding hydrogens is 166 g/mol. The summed E-state index contributed by atoms with van der Waals surface area (Å²) >= 11 is 0. The lowest BCUT2D eigenvalue weighted by molar-refractivity contribution is -0.150. The normalized spacial score (nSPS) is 28.4. The fraction of sp³-hybridized carbons (Fsp3) is 0.667. The Morgan fingerprint density at radius 2 is 2.08 bits per heavy atom. The standard InChI is InChI=1S/C6H9NO5/c8-4-2-12-1-3(4)7-5(9)6(10)11/h3-4,8H,1-2H2,(H,7,9)(H,10,11). The molecule has 1 fully saturated rings. The number of carboxylic acids is 1. The molecule has 6 nitrogen and oxygen atoms in total. The SMILES string of the molecule is O=C(O)C(=O)NC1COCC1O. The minimum absolute atomic E-state index is 0.130. The number of rotatable bonds is 1. The number of carbonyl (C=O) groups excluding carboxylic acids is 1. The van der Waals surface area contributed by atoms with E-state index < -0.39 is 24.0 Å². The van der Waals surface area contributed by atoms with E-state index in [1.165, 1.54) is 0 Å². The van der Waals surface area contributed by atoms with Gasteiger partial charge in [0.2, 0.25) is 0 Å². The van der Waals surface area contributed by atoms with E-state index in [0.29, 0.717) is 0 Å². The lowest BCUT2D eigenvalue weighted by Gasteiger charge is -2.11. The molecule has 0 aromatic rings. The number of aliphatic carboxylic acids is 1. The van der Waals surface area contributed by atoms with Gasteiger partial charge < -0.3 is 20.3 Å². The minimum Gasteiger partial charge on any atom is -0.474 e. The van der Waals surface area contributed by atoms with Gasteiger partial charge in [-0.15, -0.1) is 0 Å². The quantitative estimate of drug-likeness (QED) is 0.398. The first-order valence-electron chi connectivity index (χ1n) is 3.41. The lowest BCUT2D eigenvalue weighted by Crippen LogP contribution is -2.45. The molecule has 3 N–H and O–H groups in total. The highest BCUT2D eigenvalue weighted by Crippen LogP contribution is 2.04. The average molecular weight is 175 g/mol. The van der Waals surface area contributed by atoms with Crippen LogP contribution in [0.5, 0.6) is 0 Å². The Morgan fingerprint density at radius 1 is 1.42 bits per heavy atom. The summed E-state index contributed by atoms with van der Waals surface area (Å²) in [7, 11) is 0. The highest BCUT2D eigenvalue weighted by Gasteiger charge is 2.29. The number of hydrogen-bond donors (Lipinski definition) is 3. The first-order valence-corrected chi connectivity index (χ1v) is 3.41. The first kappa shape index (κ1) is 8.95. The van der Waals surface area contributed by atoms with Gasteiger partial charge >= 0.3 is 11.9 Å². The molecule has 2 unspecified atom stereocenters. The molecule has 6 heteroatoms. The Bertz CT molecular complexity index is 204. The van der Waals surface area contributed by atoms with E-state index in [2.05, 4.69) is 5.32 Å². The summed E-state index contributed by atoms with van der Waals surface area (Å²) in [4.78, 5) is 20.6. The third kappa shape index (κ3) is 1.93.